The Labute approximate surface area is 172 Å². The lowest BCUT2D eigenvalue weighted by Gasteiger charge is -2.24. The summed E-state index contributed by atoms with van der Waals surface area (Å²) in [5.74, 6) is 0.846. The van der Waals surface area contributed by atoms with Crippen molar-refractivity contribution in [3.05, 3.63) is 95.6 Å². The van der Waals surface area contributed by atoms with Crippen LogP contribution in [0, 0.1) is 0 Å². The van der Waals surface area contributed by atoms with E-state index in [1.54, 1.807) is 0 Å². The van der Waals surface area contributed by atoms with Crippen LogP contribution in [-0.4, -0.2) is 12.6 Å². The van der Waals surface area contributed by atoms with E-state index in [0.717, 1.165) is 48.4 Å². The Balaban J connectivity index is 1.45. The normalized spacial score (nSPS) is 13.3. The third-order valence-corrected chi connectivity index (χ3v) is 5.20. The van der Waals surface area contributed by atoms with Crippen molar-refractivity contribution in [3.63, 3.8) is 0 Å². The van der Waals surface area contributed by atoms with E-state index < -0.39 is 0 Å². The van der Waals surface area contributed by atoms with E-state index >= 15 is 0 Å². The molecule has 1 N–H and O–H groups in total. The number of rotatable bonds is 5. The second-order valence-corrected chi connectivity index (χ2v) is 7.32. The Kier molecular flexibility index (Phi) is 6.10. The van der Waals surface area contributed by atoms with Gasteiger partial charge >= 0.3 is 6.03 Å². The number of urea groups is 1. The summed E-state index contributed by atoms with van der Waals surface area (Å²) in [6, 6.07) is 26.2. The lowest BCUT2D eigenvalue weighted by molar-refractivity contribution is 0.246. The maximum absolute atomic E-state index is 12.9. The van der Waals surface area contributed by atoms with Gasteiger partial charge in [0.2, 0.25) is 0 Å². The number of amides is 2. The zero-order valence-electron chi connectivity index (χ0n) is 16.5. The van der Waals surface area contributed by atoms with Crippen LogP contribution in [0.3, 0.4) is 0 Å². The SMILES string of the molecule is O=C(NCc1ccccc1)N1CCCCc2cc(OCc3ccccc3)ccc21. The first-order chi connectivity index (χ1) is 14.3. The predicted molar refractivity (Wildman–Crippen MR) is 116 cm³/mol. The number of benzene rings is 3. The van der Waals surface area contributed by atoms with Crippen molar-refractivity contribution in [2.75, 3.05) is 11.4 Å². The van der Waals surface area contributed by atoms with Gasteiger partial charge in [0.1, 0.15) is 12.4 Å². The quantitative estimate of drug-likeness (QED) is 0.645. The highest BCUT2D eigenvalue weighted by Gasteiger charge is 2.21. The molecule has 0 aromatic heterocycles. The fourth-order valence-electron chi connectivity index (χ4n) is 3.64. The van der Waals surface area contributed by atoms with Crippen LogP contribution in [0.1, 0.15) is 29.5 Å². The average molecular weight is 386 g/mol. The predicted octanol–water partition coefficient (Wildman–Crippen LogP) is 5.32. The smallest absolute Gasteiger partial charge is 0.322 e. The van der Waals surface area contributed by atoms with Crippen LogP contribution in [0.4, 0.5) is 10.5 Å². The van der Waals surface area contributed by atoms with Crippen molar-refractivity contribution in [2.24, 2.45) is 0 Å². The Morgan fingerprint density at radius 2 is 1.62 bits per heavy atom. The van der Waals surface area contributed by atoms with E-state index in [0.29, 0.717) is 13.2 Å². The fourth-order valence-corrected chi connectivity index (χ4v) is 3.64. The maximum atomic E-state index is 12.9. The van der Waals surface area contributed by atoms with Gasteiger partial charge in [-0.1, -0.05) is 60.7 Å². The molecule has 0 bridgehead atoms. The van der Waals surface area contributed by atoms with Crippen molar-refractivity contribution in [1.82, 2.24) is 5.32 Å². The summed E-state index contributed by atoms with van der Waals surface area (Å²) in [5.41, 5.74) is 4.40. The van der Waals surface area contributed by atoms with Crippen LogP contribution in [-0.2, 0) is 19.6 Å². The third kappa shape index (κ3) is 4.96. The summed E-state index contributed by atoms with van der Waals surface area (Å²) in [5, 5.41) is 3.05. The Morgan fingerprint density at radius 3 is 2.38 bits per heavy atom. The molecule has 0 unspecified atom stereocenters. The number of nitrogens with zero attached hydrogens (tertiary/aromatic N) is 1. The number of fused-ring (bicyclic) bond motifs is 1. The van der Waals surface area contributed by atoms with Gasteiger partial charge in [-0.05, 0) is 54.2 Å². The molecule has 1 aliphatic rings. The minimum atomic E-state index is -0.0463. The van der Waals surface area contributed by atoms with Gasteiger partial charge in [0.25, 0.3) is 0 Å². The maximum Gasteiger partial charge on any atom is 0.322 e. The van der Waals surface area contributed by atoms with Crippen LogP contribution in [0.25, 0.3) is 0 Å². The summed E-state index contributed by atoms with van der Waals surface area (Å²) in [6.45, 7) is 1.81. The van der Waals surface area contributed by atoms with Gasteiger partial charge < -0.3 is 10.1 Å². The summed E-state index contributed by atoms with van der Waals surface area (Å²) in [7, 11) is 0. The second-order valence-electron chi connectivity index (χ2n) is 7.32. The number of anilines is 1. The molecule has 0 saturated carbocycles. The van der Waals surface area contributed by atoms with Crippen LogP contribution in [0.2, 0.25) is 0 Å². The largest absolute Gasteiger partial charge is 0.489 e. The number of nitrogens with one attached hydrogen (secondary N) is 1. The van der Waals surface area contributed by atoms with Crippen LogP contribution < -0.4 is 15.0 Å². The molecule has 2 amide bonds. The van der Waals surface area contributed by atoms with E-state index in [4.69, 9.17) is 4.74 Å². The molecule has 1 aliphatic heterocycles. The molecule has 0 fully saturated rings. The molecule has 0 spiro atoms. The number of hydrogen-bond acceptors (Lipinski definition) is 2. The first-order valence-electron chi connectivity index (χ1n) is 10.2. The van der Waals surface area contributed by atoms with E-state index in [1.807, 2.05) is 65.6 Å². The molecular formula is C25H26N2O2. The summed E-state index contributed by atoms with van der Waals surface area (Å²) < 4.78 is 5.98. The number of carbonyl (C=O) groups excluding carboxylic acids is 1. The third-order valence-electron chi connectivity index (χ3n) is 5.20. The Bertz CT molecular complexity index is 942. The summed E-state index contributed by atoms with van der Waals surface area (Å²) >= 11 is 0. The molecule has 3 aromatic carbocycles. The van der Waals surface area contributed by atoms with Crippen molar-refractivity contribution in [1.29, 1.82) is 0 Å². The van der Waals surface area contributed by atoms with E-state index in [2.05, 4.69) is 23.5 Å². The van der Waals surface area contributed by atoms with Gasteiger partial charge in [0.15, 0.2) is 0 Å². The van der Waals surface area contributed by atoms with E-state index in [-0.39, 0.29) is 6.03 Å². The highest BCUT2D eigenvalue weighted by atomic mass is 16.5. The Hall–Kier alpha value is -3.27. The lowest BCUT2D eigenvalue weighted by Crippen LogP contribution is -2.40. The zero-order chi connectivity index (χ0) is 19.9. The summed E-state index contributed by atoms with van der Waals surface area (Å²) in [6.07, 6.45) is 3.02. The Morgan fingerprint density at radius 1 is 0.897 bits per heavy atom. The van der Waals surface area contributed by atoms with E-state index in [9.17, 15) is 4.79 Å². The molecule has 148 valence electrons. The van der Waals surface area contributed by atoms with Crippen molar-refractivity contribution >= 4 is 11.7 Å². The van der Waals surface area contributed by atoms with Crippen molar-refractivity contribution < 1.29 is 9.53 Å². The first kappa shape index (κ1) is 19.1. The van der Waals surface area contributed by atoms with Crippen LogP contribution in [0.5, 0.6) is 5.75 Å². The van der Waals surface area contributed by atoms with Crippen molar-refractivity contribution in [3.8, 4) is 5.75 Å². The molecule has 4 nitrogen and oxygen atoms in total. The van der Waals surface area contributed by atoms with Gasteiger partial charge in [0.05, 0.1) is 0 Å². The van der Waals surface area contributed by atoms with E-state index in [1.165, 1.54) is 5.56 Å². The molecule has 29 heavy (non-hydrogen) atoms. The highest BCUT2D eigenvalue weighted by molar-refractivity contribution is 5.93. The lowest BCUT2D eigenvalue weighted by atomic mass is 10.1. The van der Waals surface area contributed by atoms with Gasteiger partial charge in [-0.25, -0.2) is 4.79 Å². The number of ether oxygens (including phenoxy) is 1. The monoisotopic (exact) mass is 386 g/mol. The standard InChI is InChI=1S/C25H26N2O2/c28-25(26-18-20-9-3-1-4-10-20)27-16-8-7-13-22-17-23(14-15-24(22)27)29-19-21-11-5-2-6-12-21/h1-6,9-12,14-15,17H,7-8,13,16,18-19H2,(H,26,28). The number of aryl methyl sites for hydroxylation is 1. The molecule has 4 heteroatoms. The zero-order valence-corrected chi connectivity index (χ0v) is 16.5. The highest BCUT2D eigenvalue weighted by Crippen LogP contribution is 2.30. The van der Waals surface area contributed by atoms with Gasteiger partial charge in [-0.2, -0.15) is 0 Å². The molecule has 1 heterocycles. The van der Waals surface area contributed by atoms with Gasteiger partial charge in [-0.3, -0.25) is 4.90 Å². The fraction of sp³-hybridized carbons (Fsp3) is 0.240. The number of carbonyl (C=O) groups is 1. The van der Waals surface area contributed by atoms with Gasteiger partial charge in [0, 0.05) is 18.8 Å². The molecule has 4 rings (SSSR count). The summed E-state index contributed by atoms with van der Waals surface area (Å²) in [4.78, 5) is 14.7. The average Bonchev–Trinajstić information content (AvgIpc) is 2.99. The minimum absolute atomic E-state index is 0.0463. The molecule has 0 radical (unpaired) electrons. The van der Waals surface area contributed by atoms with Crippen LogP contribution in [0.15, 0.2) is 78.9 Å². The second kappa shape index (κ2) is 9.28. The molecule has 0 saturated heterocycles. The number of hydrogen-bond donors (Lipinski definition) is 1. The van der Waals surface area contributed by atoms with Gasteiger partial charge in [-0.15, -0.1) is 0 Å². The van der Waals surface area contributed by atoms with Crippen molar-refractivity contribution in [2.45, 2.75) is 32.4 Å². The topological polar surface area (TPSA) is 41.6 Å². The molecule has 3 aromatic rings. The minimum Gasteiger partial charge on any atom is -0.489 e. The first-order valence-corrected chi connectivity index (χ1v) is 10.2. The van der Waals surface area contributed by atoms with Crippen LogP contribution >= 0.6 is 0 Å². The molecule has 0 aliphatic carbocycles. The molecular weight excluding hydrogens is 360 g/mol. The molecule has 0 atom stereocenters.